The van der Waals surface area contributed by atoms with E-state index in [0.717, 1.165) is 60.4 Å². The molecule has 1 saturated carbocycles. The number of likely N-dealkylation sites (tertiary alicyclic amines) is 1. The molecule has 0 spiro atoms. The molecule has 0 radical (unpaired) electrons. The minimum Gasteiger partial charge on any atom is -0.444 e. The number of hydrogen-bond donors (Lipinski definition) is 1. The summed E-state index contributed by atoms with van der Waals surface area (Å²) in [6.07, 6.45) is 11.1. The molecule has 1 saturated heterocycles. The first-order valence-electron chi connectivity index (χ1n) is 11.8. The van der Waals surface area contributed by atoms with Gasteiger partial charge in [0.1, 0.15) is 23.4 Å². The lowest BCUT2D eigenvalue weighted by atomic mass is 9.83. The maximum absolute atomic E-state index is 12.4. The van der Waals surface area contributed by atoms with Crippen molar-refractivity contribution in [3.63, 3.8) is 0 Å². The monoisotopic (exact) mass is 472 g/mol. The Hall–Kier alpha value is -2.29. The molecule has 2 atom stereocenters. The normalized spacial score (nSPS) is 22.8. The number of carbonyl (C=O) groups excluding carboxylic acids is 1. The second-order valence-electron chi connectivity index (χ2n) is 10.2. The van der Waals surface area contributed by atoms with Gasteiger partial charge in [-0.05, 0) is 71.0 Å². The number of aliphatic imine (C=N–C) groups is 1. The SMILES string of the molecule is CN=C(SC)c1cn(C2CCC(C3CCN(C(=O)OC(C)(C)C)CC3)C2)c2ncnc(N)c12. The molecule has 2 aliphatic rings. The van der Waals surface area contributed by atoms with Crippen LogP contribution < -0.4 is 5.73 Å². The smallest absolute Gasteiger partial charge is 0.410 e. The van der Waals surface area contributed by atoms with Gasteiger partial charge >= 0.3 is 6.09 Å². The van der Waals surface area contributed by atoms with E-state index in [1.165, 1.54) is 6.42 Å². The fraction of sp³-hybridized carbons (Fsp3) is 0.667. The van der Waals surface area contributed by atoms with Gasteiger partial charge < -0.3 is 19.9 Å². The number of hydrogen-bond acceptors (Lipinski definition) is 7. The number of nitrogens with zero attached hydrogens (tertiary/aromatic N) is 5. The van der Waals surface area contributed by atoms with Crippen molar-refractivity contribution < 1.29 is 9.53 Å². The summed E-state index contributed by atoms with van der Waals surface area (Å²) in [6, 6.07) is 0.393. The molecule has 4 rings (SSSR count). The van der Waals surface area contributed by atoms with E-state index in [1.54, 1.807) is 18.1 Å². The Kier molecular flexibility index (Phi) is 6.88. The van der Waals surface area contributed by atoms with Crippen molar-refractivity contribution in [1.29, 1.82) is 0 Å². The number of nitrogen functional groups attached to an aromatic ring is 1. The molecule has 1 aliphatic carbocycles. The van der Waals surface area contributed by atoms with Crippen molar-refractivity contribution >= 4 is 39.8 Å². The summed E-state index contributed by atoms with van der Waals surface area (Å²) < 4.78 is 7.86. The molecule has 33 heavy (non-hydrogen) atoms. The number of nitrogens with two attached hydrogens (primary N) is 1. The van der Waals surface area contributed by atoms with Gasteiger partial charge in [0.05, 0.1) is 10.4 Å². The molecule has 2 aromatic rings. The van der Waals surface area contributed by atoms with Crippen molar-refractivity contribution in [2.24, 2.45) is 16.8 Å². The second-order valence-corrected chi connectivity index (χ2v) is 11.0. The number of fused-ring (bicyclic) bond motifs is 1. The van der Waals surface area contributed by atoms with Crippen molar-refractivity contribution in [2.45, 2.75) is 64.5 Å². The van der Waals surface area contributed by atoms with Crippen LogP contribution in [0.4, 0.5) is 10.6 Å². The molecule has 2 N–H and O–H groups in total. The molecule has 2 fully saturated rings. The number of aromatic nitrogens is 3. The van der Waals surface area contributed by atoms with E-state index < -0.39 is 5.60 Å². The van der Waals surface area contributed by atoms with E-state index in [0.29, 0.717) is 23.7 Å². The van der Waals surface area contributed by atoms with Crippen LogP contribution in [0.5, 0.6) is 0 Å². The topological polar surface area (TPSA) is 98.6 Å². The molecular weight excluding hydrogens is 436 g/mol. The third kappa shape index (κ3) is 4.98. The van der Waals surface area contributed by atoms with Crippen molar-refractivity contribution in [3.8, 4) is 0 Å². The van der Waals surface area contributed by atoms with Crippen LogP contribution in [0, 0.1) is 11.8 Å². The molecule has 0 aromatic carbocycles. The average Bonchev–Trinajstić information content (AvgIpc) is 3.40. The molecule has 2 unspecified atom stereocenters. The van der Waals surface area contributed by atoms with Crippen LogP contribution in [0.2, 0.25) is 0 Å². The molecule has 1 amide bonds. The van der Waals surface area contributed by atoms with Gasteiger partial charge in [-0.15, -0.1) is 11.8 Å². The fourth-order valence-corrected chi connectivity index (χ4v) is 5.98. The molecule has 3 heterocycles. The Morgan fingerprint density at radius 2 is 1.91 bits per heavy atom. The number of piperidine rings is 1. The Balaban J connectivity index is 1.46. The third-order valence-corrected chi connectivity index (χ3v) is 7.75. The molecule has 180 valence electrons. The third-order valence-electron chi connectivity index (χ3n) is 6.96. The fourth-order valence-electron chi connectivity index (χ4n) is 5.42. The number of anilines is 1. The van der Waals surface area contributed by atoms with Crippen LogP contribution in [-0.2, 0) is 4.74 Å². The summed E-state index contributed by atoms with van der Waals surface area (Å²) in [5, 5.41) is 1.85. The quantitative estimate of drug-likeness (QED) is 0.512. The molecular formula is C24H36N6O2S. The highest BCUT2D eigenvalue weighted by molar-refractivity contribution is 8.13. The first-order valence-corrected chi connectivity index (χ1v) is 13.0. The van der Waals surface area contributed by atoms with Gasteiger partial charge in [0.25, 0.3) is 0 Å². The van der Waals surface area contributed by atoms with Gasteiger partial charge in [-0.2, -0.15) is 0 Å². The van der Waals surface area contributed by atoms with Gasteiger partial charge in [0, 0.05) is 37.9 Å². The lowest BCUT2D eigenvalue weighted by molar-refractivity contribution is 0.0159. The zero-order valence-corrected chi connectivity index (χ0v) is 21.2. The highest BCUT2D eigenvalue weighted by atomic mass is 32.2. The summed E-state index contributed by atoms with van der Waals surface area (Å²) in [6.45, 7) is 7.31. The second kappa shape index (κ2) is 9.52. The molecule has 8 nitrogen and oxygen atoms in total. The standard InChI is InChI=1S/C24H36N6O2S/c1-24(2,3)32-23(31)29-10-8-15(9-11-29)16-6-7-17(12-16)30-13-18(22(26-4)33-5)19-20(25)27-14-28-21(19)30/h13-17H,6-12H2,1-5H3,(H2,25,27,28). The van der Waals surface area contributed by atoms with Gasteiger partial charge in [-0.3, -0.25) is 4.99 Å². The summed E-state index contributed by atoms with van der Waals surface area (Å²) in [4.78, 5) is 27.6. The van der Waals surface area contributed by atoms with Gasteiger partial charge in [0.2, 0.25) is 0 Å². The van der Waals surface area contributed by atoms with Crippen molar-refractivity contribution in [1.82, 2.24) is 19.4 Å². The number of ether oxygens (including phenoxy) is 1. The summed E-state index contributed by atoms with van der Waals surface area (Å²) >= 11 is 1.61. The lowest BCUT2D eigenvalue weighted by Crippen LogP contribution is -2.42. The molecule has 9 heteroatoms. The first kappa shape index (κ1) is 23.9. The van der Waals surface area contributed by atoms with Gasteiger partial charge in [0.15, 0.2) is 0 Å². The maximum Gasteiger partial charge on any atom is 0.410 e. The van der Waals surface area contributed by atoms with E-state index in [-0.39, 0.29) is 6.09 Å². The van der Waals surface area contributed by atoms with Gasteiger partial charge in [-0.25, -0.2) is 14.8 Å². The van der Waals surface area contributed by atoms with Crippen molar-refractivity contribution in [3.05, 3.63) is 18.1 Å². The van der Waals surface area contributed by atoms with E-state index in [4.69, 9.17) is 10.5 Å². The minimum absolute atomic E-state index is 0.184. The average molecular weight is 473 g/mol. The van der Waals surface area contributed by atoms with Gasteiger partial charge in [-0.1, -0.05) is 0 Å². The zero-order chi connectivity index (χ0) is 23.8. The van der Waals surface area contributed by atoms with E-state index >= 15 is 0 Å². The Bertz CT molecular complexity index is 1040. The van der Waals surface area contributed by atoms with Crippen LogP contribution in [0.1, 0.15) is 64.5 Å². The predicted octanol–water partition coefficient (Wildman–Crippen LogP) is 4.74. The lowest BCUT2D eigenvalue weighted by Gasteiger charge is -2.35. The van der Waals surface area contributed by atoms with Crippen LogP contribution in [0.3, 0.4) is 0 Å². The summed E-state index contributed by atoms with van der Waals surface area (Å²) in [7, 11) is 1.81. The molecule has 0 bridgehead atoms. The highest BCUT2D eigenvalue weighted by Crippen LogP contribution is 2.44. The van der Waals surface area contributed by atoms with Crippen molar-refractivity contribution in [2.75, 3.05) is 32.1 Å². The number of rotatable bonds is 3. The van der Waals surface area contributed by atoms with E-state index in [9.17, 15) is 4.79 Å². The Labute approximate surface area is 200 Å². The molecule has 2 aromatic heterocycles. The predicted molar refractivity (Wildman–Crippen MR) is 135 cm³/mol. The number of thioether (sulfide) groups is 1. The highest BCUT2D eigenvalue weighted by Gasteiger charge is 2.36. The zero-order valence-electron chi connectivity index (χ0n) is 20.4. The van der Waals surface area contributed by atoms with Crippen LogP contribution >= 0.6 is 11.8 Å². The molecule has 1 aliphatic heterocycles. The van der Waals surface area contributed by atoms with E-state index in [1.807, 2.05) is 39.0 Å². The summed E-state index contributed by atoms with van der Waals surface area (Å²) in [5.41, 5.74) is 7.74. The Morgan fingerprint density at radius 3 is 2.55 bits per heavy atom. The first-order chi connectivity index (χ1) is 15.7. The minimum atomic E-state index is -0.448. The number of amides is 1. The van der Waals surface area contributed by atoms with Crippen LogP contribution in [0.25, 0.3) is 11.0 Å². The largest absolute Gasteiger partial charge is 0.444 e. The Morgan fingerprint density at radius 1 is 1.18 bits per heavy atom. The maximum atomic E-state index is 12.4. The summed E-state index contributed by atoms with van der Waals surface area (Å²) in [5.74, 6) is 1.82. The van der Waals surface area contributed by atoms with Crippen LogP contribution in [0.15, 0.2) is 17.5 Å². The van der Waals surface area contributed by atoms with Crippen LogP contribution in [-0.4, -0.2) is 62.6 Å². The van der Waals surface area contributed by atoms with E-state index in [2.05, 4.69) is 25.7 Å². The number of carbonyl (C=O) groups is 1.